The highest BCUT2D eigenvalue weighted by Gasteiger charge is 2.36. The summed E-state index contributed by atoms with van der Waals surface area (Å²) in [5, 5.41) is 0. The molecule has 0 bridgehead atoms. The standard InChI is InChI=1S/C10H11Cl2NO6S2/c1-13(8(12)10(15)19-3)21(16,17)5-4-6(11)20-7(5)9(14)18-2/h4,8H,1-3H3. The van der Waals surface area contributed by atoms with E-state index in [9.17, 15) is 18.0 Å². The Hall–Kier alpha value is -0.870. The van der Waals surface area contributed by atoms with E-state index in [1.807, 2.05) is 0 Å². The molecule has 1 aromatic rings. The number of thiophene rings is 1. The minimum absolute atomic E-state index is 0.0755. The van der Waals surface area contributed by atoms with E-state index in [2.05, 4.69) is 9.47 Å². The summed E-state index contributed by atoms with van der Waals surface area (Å²) < 4.78 is 34.4. The third kappa shape index (κ3) is 3.67. The number of alkyl halides is 1. The molecule has 0 spiro atoms. The van der Waals surface area contributed by atoms with Crippen LogP contribution in [-0.2, 0) is 24.3 Å². The Balaban J connectivity index is 3.31. The van der Waals surface area contributed by atoms with E-state index in [-0.39, 0.29) is 14.1 Å². The molecule has 0 aliphatic heterocycles. The van der Waals surface area contributed by atoms with Gasteiger partial charge in [0.15, 0.2) is 5.50 Å². The average Bonchev–Trinajstić information content (AvgIpc) is 2.86. The summed E-state index contributed by atoms with van der Waals surface area (Å²) in [6, 6.07) is 1.09. The molecular formula is C10H11Cl2NO6S2. The minimum Gasteiger partial charge on any atom is -0.467 e. The molecule has 11 heteroatoms. The molecule has 0 saturated carbocycles. The van der Waals surface area contributed by atoms with Gasteiger partial charge >= 0.3 is 11.9 Å². The highest BCUT2D eigenvalue weighted by molar-refractivity contribution is 7.89. The summed E-state index contributed by atoms with van der Waals surface area (Å²) in [5.41, 5.74) is -1.58. The second kappa shape index (κ2) is 6.93. The molecule has 0 aliphatic rings. The van der Waals surface area contributed by atoms with Crippen molar-refractivity contribution in [2.24, 2.45) is 0 Å². The van der Waals surface area contributed by atoms with Crippen LogP contribution in [0.3, 0.4) is 0 Å². The number of rotatable bonds is 5. The number of carbonyl (C=O) groups excluding carboxylic acids is 2. The second-order valence-electron chi connectivity index (χ2n) is 3.62. The Morgan fingerprint density at radius 2 is 1.90 bits per heavy atom. The van der Waals surface area contributed by atoms with Gasteiger partial charge in [-0.25, -0.2) is 18.0 Å². The summed E-state index contributed by atoms with van der Waals surface area (Å²) >= 11 is 12.2. The van der Waals surface area contributed by atoms with Crippen LogP contribution in [0.2, 0.25) is 4.34 Å². The zero-order valence-electron chi connectivity index (χ0n) is 11.1. The molecule has 0 radical (unpaired) electrons. The van der Waals surface area contributed by atoms with Crippen LogP contribution in [0, 0.1) is 0 Å². The van der Waals surface area contributed by atoms with Crippen LogP contribution in [0.4, 0.5) is 0 Å². The first-order chi connectivity index (χ1) is 9.66. The van der Waals surface area contributed by atoms with E-state index >= 15 is 0 Å². The number of halogens is 2. The SMILES string of the molecule is COC(=O)c1sc(Cl)cc1S(=O)(=O)N(C)C(Cl)C(=O)OC. The number of hydrogen-bond donors (Lipinski definition) is 0. The maximum Gasteiger partial charge on any atom is 0.349 e. The van der Waals surface area contributed by atoms with Crippen LogP contribution >= 0.6 is 34.5 Å². The smallest absolute Gasteiger partial charge is 0.349 e. The maximum atomic E-state index is 12.4. The third-order valence-corrected chi connectivity index (χ3v) is 6.22. The normalized spacial score (nSPS) is 13.0. The minimum atomic E-state index is -4.23. The fourth-order valence-corrected chi connectivity index (χ4v) is 4.54. The molecule has 7 nitrogen and oxygen atoms in total. The van der Waals surface area contributed by atoms with E-state index in [4.69, 9.17) is 23.2 Å². The molecular weight excluding hydrogens is 365 g/mol. The molecule has 0 amide bonds. The van der Waals surface area contributed by atoms with E-state index < -0.39 is 27.5 Å². The van der Waals surface area contributed by atoms with Crippen molar-refractivity contribution in [1.29, 1.82) is 0 Å². The number of ether oxygens (including phenoxy) is 2. The van der Waals surface area contributed by atoms with Crippen LogP contribution in [0.15, 0.2) is 11.0 Å². The number of nitrogens with zero attached hydrogens (tertiary/aromatic N) is 1. The summed E-state index contributed by atoms with van der Waals surface area (Å²) in [4.78, 5) is 22.3. The first-order valence-corrected chi connectivity index (χ1v) is 8.31. The first kappa shape index (κ1) is 18.2. The van der Waals surface area contributed by atoms with Gasteiger partial charge in [-0.05, 0) is 6.07 Å². The average molecular weight is 376 g/mol. The van der Waals surface area contributed by atoms with Crippen molar-refractivity contribution in [2.45, 2.75) is 10.4 Å². The monoisotopic (exact) mass is 375 g/mol. The highest BCUT2D eigenvalue weighted by Crippen LogP contribution is 2.33. The number of methoxy groups -OCH3 is 2. The highest BCUT2D eigenvalue weighted by atomic mass is 35.5. The maximum absolute atomic E-state index is 12.4. The lowest BCUT2D eigenvalue weighted by atomic mass is 10.5. The van der Waals surface area contributed by atoms with Gasteiger partial charge in [-0.15, -0.1) is 11.3 Å². The molecule has 0 saturated heterocycles. The third-order valence-electron chi connectivity index (χ3n) is 2.41. The molecule has 1 heterocycles. The molecule has 21 heavy (non-hydrogen) atoms. The summed E-state index contributed by atoms with van der Waals surface area (Å²) in [6.45, 7) is 0. The van der Waals surface area contributed by atoms with Crippen molar-refractivity contribution in [3.05, 3.63) is 15.3 Å². The molecule has 0 aliphatic carbocycles. The number of hydrogen-bond acceptors (Lipinski definition) is 7. The lowest BCUT2D eigenvalue weighted by molar-refractivity contribution is -0.142. The van der Waals surface area contributed by atoms with Gasteiger partial charge in [0.2, 0.25) is 10.0 Å². The van der Waals surface area contributed by atoms with Crippen LogP contribution in [0.1, 0.15) is 9.67 Å². The van der Waals surface area contributed by atoms with Gasteiger partial charge in [-0.3, -0.25) is 0 Å². The summed E-state index contributed by atoms with van der Waals surface area (Å²) in [7, 11) is -0.978. The lowest BCUT2D eigenvalue weighted by Gasteiger charge is -2.20. The Morgan fingerprint density at radius 3 is 2.38 bits per heavy atom. The van der Waals surface area contributed by atoms with Gasteiger partial charge in [0.1, 0.15) is 9.77 Å². The molecule has 1 atom stereocenters. The Labute approximate surface area is 135 Å². The Morgan fingerprint density at radius 1 is 1.33 bits per heavy atom. The van der Waals surface area contributed by atoms with Crippen LogP contribution < -0.4 is 0 Å². The molecule has 0 aromatic carbocycles. The van der Waals surface area contributed by atoms with Crippen molar-refractivity contribution < 1.29 is 27.5 Å². The van der Waals surface area contributed by atoms with Crippen LogP contribution in [0.25, 0.3) is 0 Å². The van der Waals surface area contributed by atoms with Gasteiger partial charge in [0, 0.05) is 7.05 Å². The zero-order valence-corrected chi connectivity index (χ0v) is 14.3. The van der Waals surface area contributed by atoms with Gasteiger partial charge in [0.25, 0.3) is 0 Å². The lowest BCUT2D eigenvalue weighted by Crippen LogP contribution is -2.39. The Bertz CT molecular complexity index is 657. The molecule has 1 rings (SSSR count). The van der Waals surface area contributed by atoms with E-state index in [0.29, 0.717) is 4.31 Å². The second-order valence-corrected chi connectivity index (χ2v) is 7.68. The fourth-order valence-electron chi connectivity index (χ4n) is 1.30. The van der Waals surface area contributed by atoms with Crippen LogP contribution in [-0.4, -0.2) is 51.4 Å². The molecule has 0 fully saturated rings. The molecule has 0 N–H and O–H groups in total. The first-order valence-electron chi connectivity index (χ1n) is 5.24. The van der Waals surface area contributed by atoms with Gasteiger partial charge in [-0.2, -0.15) is 4.31 Å². The zero-order chi connectivity index (χ0) is 16.4. The topological polar surface area (TPSA) is 90.0 Å². The van der Waals surface area contributed by atoms with Gasteiger partial charge in [0.05, 0.1) is 18.6 Å². The van der Waals surface area contributed by atoms with Gasteiger partial charge < -0.3 is 9.47 Å². The number of esters is 2. The largest absolute Gasteiger partial charge is 0.467 e. The van der Waals surface area contributed by atoms with Crippen LogP contribution in [0.5, 0.6) is 0 Å². The number of sulfonamides is 1. The van der Waals surface area contributed by atoms with Crippen molar-refractivity contribution in [3.63, 3.8) is 0 Å². The molecule has 118 valence electrons. The van der Waals surface area contributed by atoms with Crippen molar-refractivity contribution in [1.82, 2.24) is 4.31 Å². The number of carbonyl (C=O) groups is 2. The van der Waals surface area contributed by atoms with Gasteiger partial charge in [-0.1, -0.05) is 23.2 Å². The van der Waals surface area contributed by atoms with E-state index in [0.717, 1.165) is 38.7 Å². The summed E-state index contributed by atoms with van der Waals surface area (Å²) in [6.07, 6.45) is 0. The predicted octanol–water partition coefficient (Wildman–Crippen LogP) is 1.55. The Kier molecular flexibility index (Phi) is 6.00. The molecule has 1 unspecified atom stereocenters. The van der Waals surface area contributed by atoms with E-state index in [1.165, 1.54) is 0 Å². The quantitative estimate of drug-likeness (QED) is 0.440. The predicted molar refractivity (Wildman–Crippen MR) is 77.3 cm³/mol. The number of likely N-dealkylation sites (N-methyl/N-ethyl adjacent to an activating group) is 1. The fraction of sp³-hybridized carbons (Fsp3) is 0.400. The summed E-state index contributed by atoms with van der Waals surface area (Å²) in [5.74, 6) is -1.81. The van der Waals surface area contributed by atoms with Crippen molar-refractivity contribution in [2.75, 3.05) is 21.3 Å². The van der Waals surface area contributed by atoms with E-state index in [1.54, 1.807) is 0 Å². The molecule has 1 aromatic heterocycles. The van der Waals surface area contributed by atoms with Crippen molar-refractivity contribution in [3.8, 4) is 0 Å². The van der Waals surface area contributed by atoms with Crippen molar-refractivity contribution >= 4 is 56.5 Å².